The summed E-state index contributed by atoms with van der Waals surface area (Å²) in [6.45, 7) is 4.07. The highest BCUT2D eigenvalue weighted by Crippen LogP contribution is 2.62. The van der Waals surface area contributed by atoms with Crippen molar-refractivity contribution in [3.8, 4) is 6.07 Å². The summed E-state index contributed by atoms with van der Waals surface area (Å²) in [6.07, 6.45) is 6.49. The van der Waals surface area contributed by atoms with Crippen LogP contribution in [0.3, 0.4) is 0 Å². The van der Waals surface area contributed by atoms with Gasteiger partial charge in [0.15, 0.2) is 0 Å². The lowest BCUT2D eigenvalue weighted by Crippen LogP contribution is -2.62. The second kappa shape index (κ2) is 7.00. The van der Waals surface area contributed by atoms with Crippen LogP contribution in [-0.2, 0) is 5.54 Å². The fourth-order valence-electron chi connectivity index (χ4n) is 5.21. The van der Waals surface area contributed by atoms with Crippen LogP contribution in [-0.4, -0.2) is 57.6 Å². The van der Waals surface area contributed by atoms with E-state index in [2.05, 4.69) is 43.2 Å². The molecule has 4 aliphatic rings. The van der Waals surface area contributed by atoms with Gasteiger partial charge in [0.2, 0.25) is 5.95 Å². The summed E-state index contributed by atoms with van der Waals surface area (Å²) in [5, 5.41) is 13.3. The Kier molecular flexibility index (Phi) is 4.20. The molecule has 162 valence electrons. The second-order valence-corrected chi connectivity index (χ2v) is 9.30. The Balaban J connectivity index is 1.30. The molecule has 3 aliphatic carbocycles. The van der Waals surface area contributed by atoms with Gasteiger partial charge in [-0.1, -0.05) is 0 Å². The molecule has 3 saturated carbocycles. The first-order valence-electron chi connectivity index (χ1n) is 11.0. The first-order valence-corrected chi connectivity index (χ1v) is 11.0. The van der Waals surface area contributed by atoms with Gasteiger partial charge in [-0.3, -0.25) is 9.36 Å². The van der Waals surface area contributed by atoms with E-state index in [4.69, 9.17) is 0 Å². The van der Waals surface area contributed by atoms with Crippen LogP contribution in [0.2, 0.25) is 0 Å². The van der Waals surface area contributed by atoms with Gasteiger partial charge in [0.1, 0.15) is 23.1 Å². The number of hydrogen-bond donors (Lipinski definition) is 1. The quantitative estimate of drug-likeness (QED) is 0.674. The molecule has 1 saturated heterocycles. The molecule has 0 unspecified atom stereocenters. The van der Waals surface area contributed by atoms with E-state index >= 15 is 0 Å². The molecule has 2 bridgehead atoms. The molecule has 4 fully saturated rings. The Labute approximate surface area is 185 Å². The third kappa shape index (κ3) is 2.94. The van der Waals surface area contributed by atoms with Crippen LogP contribution < -0.4 is 15.8 Å². The van der Waals surface area contributed by atoms with Gasteiger partial charge in [-0.15, -0.1) is 0 Å². The minimum Gasteiger partial charge on any atom is -0.368 e. The largest absolute Gasteiger partial charge is 0.368 e. The van der Waals surface area contributed by atoms with Crippen molar-refractivity contribution in [3.05, 3.63) is 46.5 Å². The zero-order chi connectivity index (χ0) is 21.9. The lowest BCUT2D eigenvalue weighted by atomic mass is 9.49. The molecular formula is C23H24N8O. The minimum absolute atomic E-state index is 0.146. The molecule has 3 aromatic heterocycles. The Bertz CT molecular complexity index is 1280. The van der Waals surface area contributed by atoms with E-state index < -0.39 is 0 Å². The van der Waals surface area contributed by atoms with Crippen LogP contribution in [0.5, 0.6) is 0 Å². The molecule has 0 aromatic carbocycles. The number of piperazine rings is 1. The second-order valence-electron chi connectivity index (χ2n) is 9.30. The Morgan fingerprint density at radius 2 is 1.91 bits per heavy atom. The van der Waals surface area contributed by atoms with Crippen molar-refractivity contribution in [2.45, 2.75) is 24.8 Å². The molecule has 0 amide bonds. The zero-order valence-electron chi connectivity index (χ0n) is 18.0. The van der Waals surface area contributed by atoms with E-state index in [1.807, 2.05) is 18.3 Å². The number of anilines is 3. The predicted octanol–water partition coefficient (Wildman–Crippen LogP) is 2.06. The van der Waals surface area contributed by atoms with E-state index in [1.165, 1.54) is 0 Å². The van der Waals surface area contributed by atoms with E-state index in [0.29, 0.717) is 28.7 Å². The fraction of sp³-hybridized carbons (Fsp3) is 0.435. The third-order valence-corrected chi connectivity index (χ3v) is 7.20. The number of rotatable bonds is 4. The van der Waals surface area contributed by atoms with Gasteiger partial charge >= 0.3 is 0 Å². The number of nitriles is 1. The lowest BCUT2D eigenvalue weighted by molar-refractivity contribution is -0.0884. The third-order valence-electron chi connectivity index (χ3n) is 7.20. The lowest BCUT2D eigenvalue weighted by Gasteiger charge is -2.62. The molecular weight excluding hydrogens is 404 g/mol. The van der Waals surface area contributed by atoms with E-state index in [-0.39, 0.29) is 16.7 Å². The van der Waals surface area contributed by atoms with Crippen LogP contribution >= 0.6 is 0 Å². The van der Waals surface area contributed by atoms with Crippen molar-refractivity contribution >= 4 is 28.5 Å². The number of pyridine rings is 2. The van der Waals surface area contributed by atoms with Crippen molar-refractivity contribution in [2.75, 3.05) is 43.4 Å². The average molecular weight is 429 g/mol. The molecule has 0 radical (unpaired) electrons. The number of hydrogen-bond acceptors (Lipinski definition) is 8. The van der Waals surface area contributed by atoms with Crippen LogP contribution in [0.15, 0.2) is 35.4 Å². The van der Waals surface area contributed by atoms with Crippen molar-refractivity contribution in [1.82, 2.24) is 24.4 Å². The molecule has 3 aromatic rings. The average Bonchev–Trinajstić information content (AvgIpc) is 2.74. The van der Waals surface area contributed by atoms with Gasteiger partial charge in [-0.2, -0.15) is 10.2 Å². The van der Waals surface area contributed by atoms with Gasteiger partial charge < -0.3 is 15.1 Å². The first-order chi connectivity index (χ1) is 15.5. The maximum atomic E-state index is 13.0. The smallest absolute Gasteiger partial charge is 0.270 e. The highest BCUT2D eigenvalue weighted by atomic mass is 16.1. The standard InChI is InChI=1S/C23H24N8O/c1-29-4-6-30(7-5-29)18-2-3-19(25-14-18)27-22-26-13-17-8-16(12-24)21(32)31(20(17)28-22)23-9-15(10-23)11-23/h2-3,8,13-15H,4-7,9-11H2,1H3,(H,25,26,27,28). The van der Waals surface area contributed by atoms with Gasteiger partial charge in [0.05, 0.1) is 17.4 Å². The Morgan fingerprint density at radius 3 is 2.53 bits per heavy atom. The summed E-state index contributed by atoms with van der Waals surface area (Å²) < 4.78 is 1.75. The van der Waals surface area contributed by atoms with E-state index in [9.17, 15) is 10.1 Å². The van der Waals surface area contributed by atoms with Crippen LogP contribution in [0.1, 0.15) is 24.8 Å². The maximum Gasteiger partial charge on any atom is 0.270 e. The van der Waals surface area contributed by atoms with Gasteiger partial charge in [0.25, 0.3) is 5.56 Å². The number of nitrogens with one attached hydrogen (secondary N) is 1. The Morgan fingerprint density at radius 1 is 1.12 bits per heavy atom. The summed E-state index contributed by atoms with van der Waals surface area (Å²) >= 11 is 0. The van der Waals surface area contributed by atoms with Crippen molar-refractivity contribution in [2.24, 2.45) is 5.92 Å². The normalized spacial score (nSPS) is 24.5. The molecule has 0 spiro atoms. The van der Waals surface area contributed by atoms with Gasteiger partial charge in [-0.25, -0.2) is 9.97 Å². The number of nitrogens with zero attached hydrogens (tertiary/aromatic N) is 7. The van der Waals surface area contributed by atoms with Crippen molar-refractivity contribution < 1.29 is 0 Å². The molecule has 1 N–H and O–H groups in total. The molecule has 0 atom stereocenters. The first kappa shape index (κ1) is 19.2. The predicted molar refractivity (Wildman–Crippen MR) is 121 cm³/mol. The van der Waals surface area contributed by atoms with Crippen LogP contribution in [0.4, 0.5) is 17.5 Å². The molecule has 4 heterocycles. The van der Waals surface area contributed by atoms with Crippen LogP contribution in [0, 0.1) is 17.2 Å². The summed E-state index contributed by atoms with van der Waals surface area (Å²) in [7, 11) is 2.14. The number of likely N-dealkylation sites (N-methyl/N-ethyl adjacent to an activating group) is 1. The summed E-state index contributed by atoms with van der Waals surface area (Å²) in [6, 6.07) is 7.60. The Hall–Kier alpha value is -3.51. The molecule has 32 heavy (non-hydrogen) atoms. The monoisotopic (exact) mass is 428 g/mol. The zero-order valence-corrected chi connectivity index (χ0v) is 18.0. The SMILES string of the molecule is CN1CCN(c2ccc(Nc3ncc4cc(C#N)c(=O)n(C56CC(C5)C6)c4n3)nc2)CC1. The summed E-state index contributed by atoms with van der Waals surface area (Å²) in [5.41, 5.74) is 1.40. The minimum atomic E-state index is -0.252. The van der Waals surface area contributed by atoms with E-state index in [0.717, 1.165) is 51.1 Å². The molecule has 1 aliphatic heterocycles. The fourth-order valence-corrected chi connectivity index (χ4v) is 5.21. The maximum absolute atomic E-state index is 13.0. The summed E-state index contributed by atoms with van der Waals surface area (Å²) in [5.74, 6) is 1.74. The highest BCUT2D eigenvalue weighted by Gasteiger charge is 2.59. The summed E-state index contributed by atoms with van der Waals surface area (Å²) in [4.78, 5) is 31.3. The topological polar surface area (TPSA) is 103 Å². The van der Waals surface area contributed by atoms with Gasteiger partial charge in [-0.05, 0) is 50.4 Å². The molecule has 9 nitrogen and oxygen atoms in total. The van der Waals surface area contributed by atoms with Crippen molar-refractivity contribution in [1.29, 1.82) is 5.26 Å². The molecule has 7 rings (SSSR count). The highest BCUT2D eigenvalue weighted by molar-refractivity contribution is 5.77. The van der Waals surface area contributed by atoms with Crippen LogP contribution in [0.25, 0.3) is 11.0 Å². The van der Waals surface area contributed by atoms with E-state index in [1.54, 1.807) is 16.8 Å². The number of aromatic nitrogens is 4. The number of fused-ring (bicyclic) bond motifs is 1. The molecule has 9 heteroatoms. The van der Waals surface area contributed by atoms with Crippen molar-refractivity contribution in [3.63, 3.8) is 0 Å². The van der Waals surface area contributed by atoms with Gasteiger partial charge in [0, 0.05) is 37.8 Å².